The summed E-state index contributed by atoms with van der Waals surface area (Å²) in [6.45, 7) is 1.79. The maximum Gasteiger partial charge on any atom is 0.251 e. The Morgan fingerprint density at radius 2 is 2.33 bits per heavy atom. The number of H-pyrrole nitrogens is 1. The number of carbonyl (C=O) groups excluding carboxylic acids is 1. The van der Waals surface area contributed by atoms with Crippen molar-refractivity contribution in [3.63, 3.8) is 0 Å². The Kier molecular flexibility index (Phi) is 3.61. The molecule has 2 aromatic rings. The second kappa shape index (κ2) is 5.18. The van der Waals surface area contributed by atoms with E-state index in [1.807, 2.05) is 0 Å². The lowest BCUT2D eigenvalue weighted by atomic mass is 10.2. The highest BCUT2D eigenvalue weighted by atomic mass is 79.9. The number of nitrogens with one attached hydrogen (secondary N) is 2. The molecule has 1 heterocycles. The lowest BCUT2D eigenvalue weighted by Gasteiger charge is -2.11. The van der Waals surface area contributed by atoms with Crippen molar-refractivity contribution in [2.75, 3.05) is 0 Å². The van der Waals surface area contributed by atoms with Crippen LogP contribution in [-0.2, 0) is 0 Å². The van der Waals surface area contributed by atoms with Crippen LogP contribution in [0.2, 0.25) is 0 Å². The quantitative estimate of drug-likeness (QED) is 0.805. The van der Waals surface area contributed by atoms with Gasteiger partial charge in [-0.1, -0.05) is 0 Å². The molecule has 1 unspecified atom stereocenters. The van der Waals surface area contributed by atoms with Gasteiger partial charge in [0.25, 0.3) is 5.91 Å². The molecule has 3 N–H and O–H groups in total. The van der Waals surface area contributed by atoms with Gasteiger partial charge in [0.15, 0.2) is 0 Å². The summed E-state index contributed by atoms with van der Waals surface area (Å²) >= 11 is 3.16. The van der Waals surface area contributed by atoms with Crippen LogP contribution in [0.5, 0.6) is 5.75 Å². The third kappa shape index (κ3) is 2.67. The predicted molar refractivity (Wildman–Crippen MR) is 68.1 cm³/mol. The third-order valence-electron chi connectivity index (χ3n) is 2.40. The van der Waals surface area contributed by atoms with Crippen LogP contribution in [0.1, 0.15) is 29.1 Å². The average Bonchev–Trinajstić information content (AvgIpc) is 2.86. The van der Waals surface area contributed by atoms with E-state index in [-0.39, 0.29) is 17.7 Å². The molecular formula is C11H11BrN4O2. The Morgan fingerprint density at radius 3 is 2.94 bits per heavy atom. The van der Waals surface area contributed by atoms with Gasteiger partial charge in [0.05, 0.1) is 10.5 Å². The molecule has 18 heavy (non-hydrogen) atoms. The van der Waals surface area contributed by atoms with E-state index < -0.39 is 0 Å². The zero-order valence-corrected chi connectivity index (χ0v) is 11.1. The Labute approximate surface area is 112 Å². The Balaban J connectivity index is 2.10. The molecule has 0 bridgehead atoms. The Bertz CT molecular complexity index is 556. The first-order valence-corrected chi connectivity index (χ1v) is 6.02. The number of aromatic amines is 1. The zero-order chi connectivity index (χ0) is 13.1. The molecule has 0 saturated carbocycles. The van der Waals surface area contributed by atoms with E-state index in [9.17, 15) is 9.90 Å². The van der Waals surface area contributed by atoms with Crippen LogP contribution in [0.3, 0.4) is 0 Å². The van der Waals surface area contributed by atoms with Gasteiger partial charge < -0.3 is 10.4 Å². The van der Waals surface area contributed by atoms with Gasteiger partial charge >= 0.3 is 0 Å². The first-order chi connectivity index (χ1) is 8.58. The first kappa shape index (κ1) is 12.6. The number of rotatable bonds is 3. The van der Waals surface area contributed by atoms with E-state index in [0.717, 1.165) is 0 Å². The fourth-order valence-electron chi connectivity index (χ4n) is 1.43. The summed E-state index contributed by atoms with van der Waals surface area (Å²) in [7, 11) is 0. The topological polar surface area (TPSA) is 90.9 Å². The molecule has 1 aromatic heterocycles. The van der Waals surface area contributed by atoms with Crippen molar-refractivity contribution in [1.29, 1.82) is 0 Å². The Morgan fingerprint density at radius 1 is 1.56 bits per heavy atom. The van der Waals surface area contributed by atoms with Crippen LogP contribution in [-0.4, -0.2) is 26.2 Å². The fraction of sp³-hybridized carbons (Fsp3) is 0.182. The molecule has 1 atom stereocenters. The second-order valence-electron chi connectivity index (χ2n) is 3.73. The summed E-state index contributed by atoms with van der Waals surface area (Å²) in [5.41, 5.74) is 0.377. The highest BCUT2D eigenvalue weighted by Crippen LogP contribution is 2.24. The van der Waals surface area contributed by atoms with Gasteiger partial charge in [-0.05, 0) is 41.1 Å². The van der Waals surface area contributed by atoms with Crippen molar-refractivity contribution in [1.82, 2.24) is 20.5 Å². The lowest BCUT2D eigenvalue weighted by Crippen LogP contribution is -2.27. The van der Waals surface area contributed by atoms with E-state index in [2.05, 4.69) is 36.4 Å². The molecule has 94 valence electrons. The van der Waals surface area contributed by atoms with Gasteiger partial charge in [0.2, 0.25) is 0 Å². The molecule has 6 nitrogen and oxygen atoms in total. The Hall–Kier alpha value is -1.89. The van der Waals surface area contributed by atoms with Crippen LogP contribution in [0, 0.1) is 0 Å². The minimum atomic E-state index is -0.290. The second-order valence-corrected chi connectivity index (χ2v) is 4.59. The van der Waals surface area contributed by atoms with Crippen molar-refractivity contribution in [3.8, 4) is 5.75 Å². The summed E-state index contributed by atoms with van der Waals surface area (Å²) in [5, 5.41) is 18.7. The SMILES string of the molecule is CC(NC(=O)c1ccc(Br)c(O)c1)c1ncn[nH]1. The molecule has 0 radical (unpaired) electrons. The van der Waals surface area contributed by atoms with Crippen molar-refractivity contribution >= 4 is 21.8 Å². The van der Waals surface area contributed by atoms with Gasteiger partial charge in [0, 0.05) is 5.56 Å². The van der Waals surface area contributed by atoms with Gasteiger partial charge in [-0.2, -0.15) is 5.10 Å². The largest absolute Gasteiger partial charge is 0.507 e. The molecule has 0 aliphatic carbocycles. The van der Waals surface area contributed by atoms with Gasteiger partial charge in [-0.3, -0.25) is 9.89 Å². The van der Waals surface area contributed by atoms with E-state index in [0.29, 0.717) is 15.9 Å². The monoisotopic (exact) mass is 310 g/mol. The number of aromatic nitrogens is 3. The van der Waals surface area contributed by atoms with Crippen LogP contribution < -0.4 is 5.32 Å². The van der Waals surface area contributed by atoms with Gasteiger partial charge in [0.1, 0.15) is 17.9 Å². The number of phenols is 1. The minimum absolute atomic E-state index is 0.0231. The number of benzene rings is 1. The summed E-state index contributed by atoms with van der Waals surface area (Å²) in [5.74, 6) is 0.307. The molecule has 0 spiro atoms. The molecule has 0 aliphatic rings. The standard InChI is InChI=1S/C11H11BrN4O2/c1-6(10-13-5-14-16-10)15-11(18)7-2-3-8(12)9(17)4-7/h2-6,17H,1H3,(H,15,18)(H,13,14,16). The highest BCUT2D eigenvalue weighted by molar-refractivity contribution is 9.10. The number of halogens is 1. The number of carbonyl (C=O) groups is 1. The summed E-state index contributed by atoms with van der Waals surface area (Å²) < 4.78 is 0.544. The number of aromatic hydroxyl groups is 1. The van der Waals surface area contributed by atoms with Gasteiger partial charge in [-0.25, -0.2) is 4.98 Å². The molecule has 7 heteroatoms. The van der Waals surface area contributed by atoms with Crippen molar-refractivity contribution in [2.45, 2.75) is 13.0 Å². The van der Waals surface area contributed by atoms with Crippen LogP contribution in [0.25, 0.3) is 0 Å². The normalized spacial score (nSPS) is 12.1. The number of hydrogen-bond donors (Lipinski definition) is 3. The maximum absolute atomic E-state index is 11.9. The molecule has 2 rings (SSSR count). The number of phenolic OH excluding ortho intramolecular Hbond substituents is 1. The zero-order valence-electron chi connectivity index (χ0n) is 9.51. The molecule has 0 saturated heterocycles. The van der Waals surface area contributed by atoms with E-state index in [1.54, 1.807) is 19.1 Å². The van der Waals surface area contributed by atoms with E-state index in [1.165, 1.54) is 12.4 Å². The third-order valence-corrected chi connectivity index (χ3v) is 3.07. The average molecular weight is 311 g/mol. The van der Waals surface area contributed by atoms with Crippen LogP contribution >= 0.6 is 15.9 Å². The lowest BCUT2D eigenvalue weighted by molar-refractivity contribution is 0.0938. The van der Waals surface area contributed by atoms with E-state index in [4.69, 9.17) is 0 Å². The number of nitrogens with zero attached hydrogens (tertiary/aromatic N) is 2. The molecule has 0 fully saturated rings. The van der Waals surface area contributed by atoms with Crippen LogP contribution in [0.15, 0.2) is 29.0 Å². The summed E-state index contributed by atoms with van der Waals surface area (Å²) in [6.07, 6.45) is 1.38. The van der Waals surface area contributed by atoms with Crippen molar-refractivity contribution in [2.24, 2.45) is 0 Å². The van der Waals surface area contributed by atoms with Crippen molar-refractivity contribution < 1.29 is 9.90 Å². The predicted octanol–water partition coefficient (Wildman–Crippen LogP) is 1.76. The van der Waals surface area contributed by atoms with Crippen LogP contribution in [0.4, 0.5) is 0 Å². The number of amides is 1. The molecule has 1 amide bonds. The highest BCUT2D eigenvalue weighted by Gasteiger charge is 2.14. The molecule has 1 aromatic carbocycles. The number of hydrogen-bond acceptors (Lipinski definition) is 4. The fourth-order valence-corrected chi connectivity index (χ4v) is 1.67. The first-order valence-electron chi connectivity index (χ1n) is 5.22. The minimum Gasteiger partial charge on any atom is -0.507 e. The summed E-state index contributed by atoms with van der Waals surface area (Å²) in [6, 6.07) is 4.34. The van der Waals surface area contributed by atoms with E-state index >= 15 is 0 Å². The smallest absolute Gasteiger partial charge is 0.251 e. The molecule has 0 aliphatic heterocycles. The van der Waals surface area contributed by atoms with Crippen molar-refractivity contribution in [3.05, 3.63) is 40.4 Å². The summed E-state index contributed by atoms with van der Waals surface area (Å²) in [4.78, 5) is 15.9. The molecular weight excluding hydrogens is 300 g/mol. The van der Waals surface area contributed by atoms with Gasteiger partial charge in [-0.15, -0.1) is 0 Å². The maximum atomic E-state index is 11.9.